The number of aromatic nitrogens is 6. The van der Waals surface area contributed by atoms with E-state index in [4.69, 9.17) is 16.7 Å². The van der Waals surface area contributed by atoms with Crippen LogP contribution in [-0.4, -0.2) is 85.6 Å². The largest absolute Gasteiger partial charge is 0.504 e. The summed E-state index contributed by atoms with van der Waals surface area (Å²) in [4.78, 5) is 56.6. The van der Waals surface area contributed by atoms with Gasteiger partial charge in [0.15, 0.2) is 17.3 Å². The van der Waals surface area contributed by atoms with Crippen molar-refractivity contribution in [3.05, 3.63) is 86.8 Å². The molecule has 54 heavy (non-hydrogen) atoms. The maximum atomic E-state index is 14.2. The van der Waals surface area contributed by atoms with Gasteiger partial charge in [-0.1, -0.05) is 18.5 Å². The summed E-state index contributed by atoms with van der Waals surface area (Å²) in [5.41, 5.74) is -0.509. The number of hydrogen-bond donors (Lipinski definition) is 4. The number of nitrogens with one attached hydrogen (secondary N) is 2. The van der Waals surface area contributed by atoms with Crippen LogP contribution in [0.1, 0.15) is 34.4 Å². The Morgan fingerprint density at radius 1 is 1.06 bits per heavy atom. The van der Waals surface area contributed by atoms with Gasteiger partial charge in [0.2, 0.25) is 11.7 Å². The van der Waals surface area contributed by atoms with Crippen molar-refractivity contribution in [2.24, 2.45) is 5.14 Å². The standard InChI is InChI=1S/C32H31ClF3N11O6S/c1-3-23-26(44-10-12-45(13-11-44)29(50)25-27(49)17(2)38-16-39-25)30(51)47-31(41-28(42-47)18-4-7-20(8-5-18)43-54(37,52)53)46(23)15-24(48)40-22-9-6-19(14-21(22)33)32(34,35)36/h4-9,14,16,43,49H,3,10-13,15H2,1-2H3,(H,40,48)(H2,37,52,53). The van der Waals surface area contributed by atoms with Crippen LogP contribution in [0.15, 0.2) is 53.6 Å². The molecule has 6 rings (SSSR count). The lowest BCUT2D eigenvalue weighted by Gasteiger charge is -2.36. The van der Waals surface area contributed by atoms with Gasteiger partial charge in [0, 0.05) is 37.4 Å². The SMILES string of the molecule is CCc1c(N2CCN(C(=O)c3ncnc(C)c3O)CC2)c(=O)n2nc(-c3ccc(NS(N)(=O)=O)cc3)nc2n1CC(=O)Nc1ccc(C(F)(F)F)cc1Cl. The Balaban J connectivity index is 1.38. The van der Waals surface area contributed by atoms with E-state index in [0.717, 1.165) is 16.6 Å². The van der Waals surface area contributed by atoms with Gasteiger partial charge >= 0.3 is 6.18 Å². The van der Waals surface area contributed by atoms with E-state index in [-0.39, 0.29) is 83.4 Å². The summed E-state index contributed by atoms with van der Waals surface area (Å²) in [6.45, 7) is 3.41. The fourth-order valence-corrected chi connectivity index (χ4v) is 6.63. The molecule has 0 spiro atoms. The maximum absolute atomic E-state index is 14.2. The molecule has 4 heterocycles. The highest BCUT2D eigenvalue weighted by Gasteiger charge is 2.32. The van der Waals surface area contributed by atoms with Gasteiger partial charge in [-0.25, -0.2) is 15.1 Å². The molecule has 0 saturated carbocycles. The van der Waals surface area contributed by atoms with Crippen molar-refractivity contribution in [2.45, 2.75) is 33.0 Å². The topological polar surface area (TPSA) is 223 Å². The highest BCUT2D eigenvalue weighted by Crippen LogP contribution is 2.34. The fraction of sp³-hybridized carbons (Fsp3) is 0.281. The minimum atomic E-state index is -4.65. The van der Waals surface area contributed by atoms with Crippen LogP contribution in [0.25, 0.3) is 17.2 Å². The van der Waals surface area contributed by atoms with Crippen molar-refractivity contribution < 1.29 is 36.3 Å². The highest BCUT2D eigenvalue weighted by molar-refractivity contribution is 7.90. The molecular weight excluding hydrogens is 759 g/mol. The second-order valence-electron chi connectivity index (χ2n) is 12.1. The minimum absolute atomic E-state index is 0.0422. The Bertz CT molecular complexity index is 2450. The van der Waals surface area contributed by atoms with Crippen LogP contribution in [0.5, 0.6) is 5.75 Å². The Labute approximate surface area is 309 Å². The molecule has 5 N–H and O–H groups in total. The normalized spacial score (nSPS) is 13.7. The number of carbonyl (C=O) groups excluding carboxylic acids is 2. The van der Waals surface area contributed by atoms with E-state index in [1.165, 1.54) is 47.0 Å². The second kappa shape index (κ2) is 14.6. The number of fused-ring (bicyclic) bond motifs is 1. The van der Waals surface area contributed by atoms with E-state index in [2.05, 4.69) is 30.1 Å². The molecule has 0 aliphatic carbocycles. The van der Waals surface area contributed by atoms with E-state index in [0.29, 0.717) is 17.3 Å². The molecule has 0 radical (unpaired) electrons. The predicted molar refractivity (Wildman–Crippen MR) is 190 cm³/mol. The second-order valence-corrected chi connectivity index (χ2v) is 13.8. The number of hydrogen-bond acceptors (Lipinski definition) is 11. The van der Waals surface area contributed by atoms with Gasteiger partial charge in [-0.05, 0) is 55.8 Å². The molecule has 2 aromatic carbocycles. The fourth-order valence-electron chi connectivity index (χ4n) is 5.94. The van der Waals surface area contributed by atoms with Gasteiger partial charge in [0.05, 0.1) is 27.7 Å². The first kappa shape index (κ1) is 37.9. The molecule has 17 nitrogen and oxygen atoms in total. The molecule has 1 aliphatic rings. The first-order chi connectivity index (χ1) is 25.4. The van der Waals surface area contributed by atoms with Crippen molar-refractivity contribution in [3.63, 3.8) is 0 Å². The van der Waals surface area contributed by atoms with Crippen molar-refractivity contribution in [1.29, 1.82) is 0 Å². The van der Waals surface area contributed by atoms with Crippen molar-refractivity contribution in [3.8, 4) is 17.1 Å². The molecule has 5 aromatic rings. The van der Waals surface area contributed by atoms with Crippen molar-refractivity contribution in [2.75, 3.05) is 41.1 Å². The number of anilines is 3. The third-order valence-corrected chi connectivity index (χ3v) is 9.36. The third kappa shape index (κ3) is 7.77. The van der Waals surface area contributed by atoms with Crippen LogP contribution in [0, 0.1) is 6.92 Å². The molecule has 0 atom stereocenters. The number of aromatic hydroxyl groups is 1. The Morgan fingerprint density at radius 3 is 2.35 bits per heavy atom. The molecule has 1 saturated heterocycles. The number of benzene rings is 2. The number of alkyl halides is 3. The molecule has 0 bridgehead atoms. The first-order valence-electron chi connectivity index (χ1n) is 16.1. The number of aryl methyl sites for hydroxylation is 1. The van der Waals surface area contributed by atoms with Crippen molar-refractivity contribution >= 4 is 56.5 Å². The van der Waals surface area contributed by atoms with Crippen LogP contribution in [0.2, 0.25) is 5.02 Å². The van der Waals surface area contributed by atoms with E-state index >= 15 is 0 Å². The summed E-state index contributed by atoms with van der Waals surface area (Å²) in [5.74, 6) is -1.56. The molecule has 284 valence electrons. The number of halogens is 4. The minimum Gasteiger partial charge on any atom is -0.504 e. The number of rotatable bonds is 9. The molecular formula is C32H31ClF3N11O6S. The smallest absolute Gasteiger partial charge is 0.416 e. The molecule has 1 aliphatic heterocycles. The van der Waals surface area contributed by atoms with Crippen LogP contribution in [0.4, 0.5) is 30.2 Å². The van der Waals surface area contributed by atoms with Gasteiger partial charge in [-0.15, -0.1) is 5.10 Å². The van der Waals surface area contributed by atoms with Crippen LogP contribution >= 0.6 is 11.6 Å². The quantitative estimate of drug-likeness (QED) is 0.170. The predicted octanol–water partition coefficient (Wildman–Crippen LogP) is 2.81. The van der Waals surface area contributed by atoms with Crippen molar-refractivity contribution in [1.82, 2.24) is 34.0 Å². The molecule has 1 fully saturated rings. The Hall–Kier alpha value is -5.80. The summed E-state index contributed by atoms with van der Waals surface area (Å²) in [5, 5.41) is 22.0. The van der Waals surface area contributed by atoms with Gasteiger partial charge in [0.25, 0.3) is 21.7 Å². The molecule has 0 unspecified atom stereocenters. The molecule has 3 aromatic heterocycles. The van der Waals surface area contributed by atoms with Gasteiger partial charge in [0.1, 0.15) is 18.6 Å². The Morgan fingerprint density at radius 2 is 1.74 bits per heavy atom. The average Bonchev–Trinajstić information content (AvgIpc) is 3.56. The summed E-state index contributed by atoms with van der Waals surface area (Å²) >= 11 is 6.10. The summed E-state index contributed by atoms with van der Waals surface area (Å²) in [6, 6.07) is 8.30. The van der Waals surface area contributed by atoms with Gasteiger partial charge in [-0.3, -0.25) is 19.1 Å². The summed E-state index contributed by atoms with van der Waals surface area (Å²) < 4.78 is 67.2. The van der Waals surface area contributed by atoms with E-state index in [1.54, 1.807) is 11.8 Å². The van der Waals surface area contributed by atoms with Crippen LogP contribution < -0.4 is 25.6 Å². The zero-order valence-corrected chi connectivity index (χ0v) is 30.0. The summed E-state index contributed by atoms with van der Waals surface area (Å²) in [6.07, 6.45) is -3.27. The lowest BCUT2D eigenvalue weighted by atomic mass is 10.2. The molecule has 22 heteroatoms. The van der Waals surface area contributed by atoms with E-state index in [1.807, 2.05) is 0 Å². The highest BCUT2D eigenvalue weighted by atomic mass is 35.5. The van der Waals surface area contributed by atoms with Gasteiger partial charge < -0.3 is 24.8 Å². The number of piperazine rings is 1. The van der Waals surface area contributed by atoms with E-state index < -0.39 is 45.9 Å². The van der Waals surface area contributed by atoms with Crippen LogP contribution in [0.3, 0.4) is 0 Å². The number of nitrogens with zero attached hydrogens (tertiary/aromatic N) is 8. The zero-order valence-electron chi connectivity index (χ0n) is 28.4. The lowest BCUT2D eigenvalue weighted by Crippen LogP contribution is -2.51. The Kier molecular flexibility index (Phi) is 10.2. The van der Waals surface area contributed by atoms with Crippen LogP contribution in [-0.2, 0) is 34.1 Å². The number of carbonyl (C=O) groups is 2. The molecule has 2 amide bonds. The first-order valence-corrected chi connectivity index (χ1v) is 18.0. The summed E-state index contributed by atoms with van der Waals surface area (Å²) in [7, 11) is -4.05. The third-order valence-electron chi connectivity index (χ3n) is 8.53. The van der Waals surface area contributed by atoms with Gasteiger partial charge in [-0.2, -0.15) is 31.1 Å². The number of amides is 2. The maximum Gasteiger partial charge on any atom is 0.416 e. The van der Waals surface area contributed by atoms with E-state index in [9.17, 15) is 41.1 Å². The number of nitrogens with two attached hydrogens (primary N) is 1. The zero-order chi connectivity index (χ0) is 39.1. The monoisotopic (exact) mass is 789 g/mol. The average molecular weight is 790 g/mol. The lowest BCUT2D eigenvalue weighted by molar-refractivity contribution is -0.137.